The summed E-state index contributed by atoms with van der Waals surface area (Å²) < 4.78 is 9.79. The lowest BCUT2D eigenvalue weighted by Crippen LogP contribution is -2.38. The number of rotatable bonds is 7. The average molecular weight is 563 g/mol. The molecule has 1 aliphatic heterocycles. The van der Waals surface area contributed by atoms with Crippen molar-refractivity contribution in [3.05, 3.63) is 58.9 Å². The summed E-state index contributed by atoms with van der Waals surface area (Å²) in [4.78, 5) is 7.02. The summed E-state index contributed by atoms with van der Waals surface area (Å²) in [5.74, 6) is 3.76. The summed E-state index contributed by atoms with van der Waals surface area (Å²) >= 11 is 0. The minimum Gasteiger partial charge on any atom is -0.497 e. The molecule has 1 N–H and O–H groups in total. The fourth-order valence-electron chi connectivity index (χ4n) is 4.39. The van der Waals surface area contributed by atoms with Gasteiger partial charge in [0.15, 0.2) is 11.8 Å². The van der Waals surface area contributed by atoms with Crippen molar-refractivity contribution in [1.29, 1.82) is 0 Å². The van der Waals surface area contributed by atoms with E-state index in [-0.39, 0.29) is 24.0 Å². The van der Waals surface area contributed by atoms with E-state index in [2.05, 4.69) is 75.6 Å². The number of nitrogens with zero attached hydrogens (tertiary/aromatic N) is 6. The predicted molar refractivity (Wildman–Crippen MR) is 142 cm³/mol. The Morgan fingerprint density at radius 2 is 1.97 bits per heavy atom. The van der Waals surface area contributed by atoms with Gasteiger partial charge in [-0.25, -0.2) is 4.99 Å². The van der Waals surface area contributed by atoms with Crippen molar-refractivity contribution in [2.75, 3.05) is 20.7 Å². The van der Waals surface area contributed by atoms with Gasteiger partial charge in [0.2, 0.25) is 0 Å². The maximum atomic E-state index is 5.30. The first kappa shape index (κ1) is 25.1. The van der Waals surface area contributed by atoms with Gasteiger partial charge in [0.05, 0.1) is 7.11 Å². The molecular formula is C24H34IN7O. The SMILES string of the molecule is CCNC(=NCc1nnc2n1CCC2)N(C)Cc1cc(C)n(-c2ccc(OC)cc2)c1C.I. The van der Waals surface area contributed by atoms with Crippen LogP contribution in [0.4, 0.5) is 0 Å². The van der Waals surface area contributed by atoms with E-state index < -0.39 is 0 Å². The summed E-state index contributed by atoms with van der Waals surface area (Å²) in [6, 6.07) is 10.4. The van der Waals surface area contributed by atoms with E-state index in [1.165, 1.54) is 17.0 Å². The van der Waals surface area contributed by atoms with Gasteiger partial charge in [-0.3, -0.25) is 0 Å². The van der Waals surface area contributed by atoms with Gasteiger partial charge < -0.3 is 24.1 Å². The van der Waals surface area contributed by atoms with Gasteiger partial charge >= 0.3 is 0 Å². The molecule has 0 spiro atoms. The second kappa shape index (κ2) is 11.0. The highest BCUT2D eigenvalue weighted by atomic mass is 127. The number of nitrogens with one attached hydrogen (secondary N) is 1. The zero-order valence-electron chi connectivity index (χ0n) is 20.1. The molecule has 0 amide bonds. The summed E-state index contributed by atoms with van der Waals surface area (Å²) in [5.41, 5.74) is 4.84. The van der Waals surface area contributed by atoms with Gasteiger partial charge in [0.25, 0.3) is 0 Å². The Kier molecular flexibility index (Phi) is 8.39. The molecule has 9 heteroatoms. The molecule has 8 nitrogen and oxygen atoms in total. The van der Waals surface area contributed by atoms with E-state index in [0.29, 0.717) is 6.54 Å². The molecule has 1 aliphatic rings. The van der Waals surface area contributed by atoms with Crippen molar-refractivity contribution in [2.45, 2.75) is 53.2 Å². The van der Waals surface area contributed by atoms with Crippen LogP contribution in [0.1, 0.15) is 41.9 Å². The highest BCUT2D eigenvalue weighted by molar-refractivity contribution is 14.0. The topological polar surface area (TPSA) is 72.5 Å². The second-order valence-corrected chi connectivity index (χ2v) is 8.24. The Balaban J connectivity index is 0.00000306. The molecule has 0 aliphatic carbocycles. The van der Waals surface area contributed by atoms with Crippen LogP contribution in [-0.4, -0.2) is 50.9 Å². The third kappa shape index (κ3) is 5.34. The Bertz CT molecular complexity index is 1100. The third-order valence-electron chi connectivity index (χ3n) is 6.03. The van der Waals surface area contributed by atoms with Crippen LogP contribution in [0.3, 0.4) is 0 Å². The minimum atomic E-state index is 0. The zero-order valence-corrected chi connectivity index (χ0v) is 22.5. The van der Waals surface area contributed by atoms with Crippen molar-refractivity contribution >= 4 is 29.9 Å². The number of benzene rings is 1. The Hall–Kier alpha value is -2.56. The van der Waals surface area contributed by atoms with Crippen molar-refractivity contribution in [3.8, 4) is 11.4 Å². The van der Waals surface area contributed by atoms with Crippen molar-refractivity contribution < 1.29 is 4.74 Å². The van der Waals surface area contributed by atoms with Crippen LogP contribution in [0.2, 0.25) is 0 Å². The molecule has 0 fully saturated rings. The van der Waals surface area contributed by atoms with Crippen LogP contribution in [0, 0.1) is 13.8 Å². The Morgan fingerprint density at radius 1 is 1.21 bits per heavy atom. The highest BCUT2D eigenvalue weighted by Gasteiger charge is 2.18. The quantitative estimate of drug-likeness (QED) is 0.269. The molecule has 3 heterocycles. The minimum absolute atomic E-state index is 0. The standard InChI is InChI=1S/C24H33N7O.HI/c1-6-25-24(26-15-23-28-27-22-8-7-13-30(22)23)29(4)16-19-14-17(2)31(18(19)3)20-9-11-21(32-5)12-10-20;/h9-12,14H,6-8,13,15-16H2,1-5H3,(H,25,26);1H. The molecule has 33 heavy (non-hydrogen) atoms. The molecule has 0 unspecified atom stereocenters. The smallest absolute Gasteiger partial charge is 0.194 e. The van der Waals surface area contributed by atoms with Crippen LogP contribution in [0.5, 0.6) is 5.75 Å². The van der Waals surface area contributed by atoms with Gasteiger partial charge in [-0.15, -0.1) is 34.2 Å². The first-order chi connectivity index (χ1) is 15.5. The summed E-state index contributed by atoms with van der Waals surface area (Å²) in [6.07, 6.45) is 2.16. The first-order valence-corrected chi connectivity index (χ1v) is 11.2. The van der Waals surface area contributed by atoms with Crippen LogP contribution < -0.4 is 10.1 Å². The van der Waals surface area contributed by atoms with Gasteiger partial charge in [-0.2, -0.15) is 0 Å². The normalized spacial score (nSPS) is 12.9. The van der Waals surface area contributed by atoms with Crippen molar-refractivity contribution in [3.63, 3.8) is 0 Å². The van der Waals surface area contributed by atoms with Crippen molar-refractivity contribution in [2.24, 2.45) is 4.99 Å². The number of ether oxygens (including phenoxy) is 1. The maximum absolute atomic E-state index is 5.30. The van der Waals surface area contributed by atoms with Gasteiger partial charge in [0.1, 0.15) is 18.1 Å². The van der Waals surface area contributed by atoms with Crippen LogP contribution in [-0.2, 0) is 26.1 Å². The van der Waals surface area contributed by atoms with Gasteiger partial charge in [0, 0.05) is 50.2 Å². The van der Waals surface area contributed by atoms with Crippen LogP contribution >= 0.6 is 24.0 Å². The monoisotopic (exact) mass is 563 g/mol. The molecule has 1 aromatic carbocycles. The summed E-state index contributed by atoms with van der Waals surface area (Å²) in [7, 11) is 3.77. The number of halogens is 1. The molecule has 3 aromatic rings. The van der Waals surface area contributed by atoms with Gasteiger partial charge in [-0.1, -0.05) is 0 Å². The number of fused-ring (bicyclic) bond motifs is 1. The van der Waals surface area contributed by atoms with E-state index in [0.717, 1.165) is 61.5 Å². The lowest BCUT2D eigenvalue weighted by Gasteiger charge is -2.22. The fourth-order valence-corrected chi connectivity index (χ4v) is 4.39. The molecule has 0 atom stereocenters. The summed E-state index contributed by atoms with van der Waals surface area (Å²) in [5, 5.41) is 12.0. The number of aliphatic imine (C=N–C) groups is 1. The van der Waals surface area contributed by atoms with E-state index in [9.17, 15) is 0 Å². The van der Waals surface area contributed by atoms with E-state index in [1.807, 2.05) is 12.1 Å². The number of aryl methyl sites for hydroxylation is 2. The summed E-state index contributed by atoms with van der Waals surface area (Å²) in [6.45, 7) is 9.51. The molecule has 0 saturated carbocycles. The number of guanidine groups is 1. The Labute approximate surface area is 213 Å². The highest BCUT2D eigenvalue weighted by Crippen LogP contribution is 2.23. The van der Waals surface area contributed by atoms with Crippen molar-refractivity contribution in [1.82, 2.24) is 29.5 Å². The van der Waals surface area contributed by atoms with E-state index in [4.69, 9.17) is 9.73 Å². The maximum Gasteiger partial charge on any atom is 0.194 e. The van der Waals surface area contributed by atoms with E-state index >= 15 is 0 Å². The molecular weight excluding hydrogens is 529 g/mol. The largest absolute Gasteiger partial charge is 0.497 e. The number of hydrogen-bond acceptors (Lipinski definition) is 4. The third-order valence-corrected chi connectivity index (χ3v) is 6.03. The first-order valence-electron chi connectivity index (χ1n) is 11.2. The zero-order chi connectivity index (χ0) is 22.7. The predicted octanol–water partition coefficient (Wildman–Crippen LogP) is 3.86. The molecule has 0 radical (unpaired) electrons. The molecule has 0 bridgehead atoms. The average Bonchev–Trinajstić information content (AvgIpc) is 3.47. The lowest BCUT2D eigenvalue weighted by molar-refractivity contribution is 0.414. The Morgan fingerprint density at radius 3 is 2.67 bits per heavy atom. The molecule has 2 aromatic heterocycles. The van der Waals surface area contributed by atoms with Crippen LogP contribution in [0.15, 0.2) is 35.3 Å². The van der Waals surface area contributed by atoms with Gasteiger partial charge in [-0.05, 0) is 63.1 Å². The van der Waals surface area contributed by atoms with Crippen LogP contribution in [0.25, 0.3) is 5.69 Å². The number of methoxy groups -OCH3 is 1. The molecule has 178 valence electrons. The lowest BCUT2D eigenvalue weighted by atomic mass is 10.2. The fraction of sp³-hybridized carbons (Fsp3) is 0.458. The molecule has 4 rings (SSSR count). The number of aromatic nitrogens is 4. The number of hydrogen-bond donors (Lipinski definition) is 1. The van der Waals surface area contributed by atoms with E-state index in [1.54, 1.807) is 7.11 Å². The molecule has 0 saturated heterocycles. The second-order valence-electron chi connectivity index (χ2n) is 8.24.